The van der Waals surface area contributed by atoms with E-state index in [1.54, 1.807) is 13.2 Å². The molecule has 16 heavy (non-hydrogen) atoms. The van der Waals surface area contributed by atoms with Gasteiger partial charge in [-0.1, -0.05) is 28.1 Å². The normalized spacial score (nSPS) is 16.6. The zero-order valence-electron chi connectivity index (χ0n) is 9.00. The van der Waals surface area contributed by atoms with Crippen molar-refractivity contribution >= 4 is 22.0 Å². The molecule has 1 fully saturated rings. The molecule has 0 aromatic heterocycles. The van der Waals surface area contributed by atoms with Gasteiger partial charge < -0.3 is 4.74 Å². The van der Waals surface area contributed by atoms with Crippen LogP contribution in [0.2, 0.25) is 0 Å². The Morgan fingerprint density at radius 2 is 2.31 bits per heavy atom. The minimum absolute atomic E-state index is 0.296. The van der Waals surface area contributed by atoms with Gasteiger partial charge in [-0.3, -0.25) is 0 Å². The fourth-order valence-electron chi connectivity index (χ4n) is 1.78. The van der Waals surface area contributed by atoms with Crippen molar-refractivity contribution in [2.45, 2.75) is 25.0 Å². The van der Waals surface area contributed by atoms with Crippen LogP contribution in [0.25, 0.3) is 0 Å². The zero-order valence-corrected chi connectivity index (χ0v) is 10.6. The van der Waals surface area contributed by atoms with E-state index in [-0.39, 0.29) is 5.54 Å². The van der Waals surface area contributed by atoms with Gasteiger partial charge in [0.25, 0.3) is 0 Å². The monoisotopic (exact) mass is 281 g/mol. The summed E-state index contributed by atoms with van der Waals surface area (Å²) in [7, 11) is 1.67. The minimum Gasteiger partial charge on any atom is -0.380 e. The molecule has 0 heterocycles. The number of carbonyl (C=O) groups excluding carboxylic acids is 1. The Morgan fingerprint density at radius 3 is 2.81 bits per heavy atom. The number of rotatable bonds is 4. The van der Waals surface area contributed by atoms with E-state index in [1.807, 2.05) is 18.2 Å². The average molecular weight is 282 g/mol. The topological polar surface area (TPSA) is 38.7 Å². The van der Waals surface area contributed by atoms with Gasteiger partial charge in [0.05, 0.1) is 12.1 Å². The Morgan fingerprint density at radius 1 is 1.56 bits per heavy atom. The number of ether oxygens (including phenoxy) is 1. The molecular formula is C12H12BrNO2. The second-order valence-corrected chi connectivity index (χ2v) is 4.83. The van der Waals surface area contributed by atoms with E-state index >= 15 is 0 Å². The lowest BCUT2D eigenvalue weighted by molar-refractivity contribution is 0.184. The Bertz CT molecular complexity index is 448. The maximum absolute atomic E-state index is 10.4. The molecule has 1 aromatic carbocycles. The van der Waals surface area contributed by atoms with Gasteiger partial charge in [-0.25, -0.2) is 4.79 Å². The van der Waals surface area contributed by atoms with Crippen molar-refractivity contribution < 1.29 is 9.53 Å². The standard InChI is InChI=1S/C12H12BrNO2/c1-16-7-9-2-3-10(6-11(9)13)12(4-5-12)14-8-15/h2-3,6H,4-5,7H2,1H3. The van der Waals surface area contributed by atoms with Gasteiger partial charge in [0.15, 0.2) is 0 Å². The molecule has 3 nitrogen and oxygen atoms in total. The highest BCUT2D eigenvalue weighted by molar-refractivity contribution is 9.10. The molecule has 1 aliphatic rings. The summed E-state index contributed by atoms with van der Waals surface area (Å²) >= 11 is 3.50. The van der Waals surface area contributed by atoms with Crippen LogP contribution >= 0.6 is 15.9 Å². The van der Waals surface area contributed by atoms with Crippen LogP contribution in [0.3, 0.4) is 0 Å². The van der Waals surface area contributed by atoms with Crippen molar-refractivity contribution in [1.29, 1.82) is 0 Å². The molecule has 0 N–H and O–H groups in total. The Balaban J connectivity index is 2.31. The van der Waals surface area contributed by atoms with Crippen LogP contribution in [-0.4, -0.2) is 13.2 Å². The highest BCUT2D eigenvalue weighted by Gasteiger charge is 2.44. The lowest BCUT2D eigenvalue weighted by atomic mass is 10.0. The molecule has 0 amide bonds. The Labute approximate surface area is 103 Å². The number of methoxy groups -OCH3 is 1. The summed E-state index contributed by atoms with van der Waals surface area (Å²) in [6.45, 7) is 0.574. The number of hydrogen-bond acceptors (Lipinski definition) is 3. The molecule has 0 saturated heterocycles. The maximum Gasteiger partial charge on any atom is 0.235 e. The van der Waals surface area contributed by atoms with E-state index in [4.69, 9.17) is 4.74 Å². The van der Waals surface area contributed by atoms with Gasteiger partial charge in [-0.05, 0) is 30.0 Å². The van der Waals surface area contributed by atoms with Gasteiger partial charge >= 0.3 is 0 Å². The highest BCUT2D eigenvalue weighted by atomic mass is 79.9. The molecule has 0 unspecified atom stereocenters. The first-order valence-corrected chi connectivity index (χ1v) is 5.88. The fourth-order valence-corrected chi connectivity index (χ4v) is 2.27. The summed E-state index contributed by atoms with van der Waals surface area (Å²) in [5.41, 5.74) is 1.87. The molecule has 84 valence electrons. The molecular weight excluding hydrogens is 270 g/mol. The van der Waals surface area contributed by atoms with Gasteiger partial charge in [-0.2, -0.15) is 4.99 Å². The number of isocyanates is 1. The number of halogens is 1. The van der Waals surface area contributed by atoms with Crippen LogP contribution < -0.4 is 0 Å². The summed E-state index contributed by atoms with van der Waals surface area (Å²) in [6, 6.07) is 6.03. The van der Waals surface area contributed by atoms with E-state index in [0.717, 1.165) is 28.4 Å². The maximum atomic E-state index is 10.4. The van der Waals surface area contributed by atoms with Crippen LogP contribution in [0.15, 0.2) is 27.7 Å². The summed E-state index contributed by atoms with van der Waals surface area (Å²) in [4.78, 5) is 14.3. The summed E-state index contributed by atoms with van der Waals surface area (Å²) < 4.78 is 6.08. The van der Waals surface area contributed by atoms with Crippen molar-refractivity contribution in [2.24, 2.45) is 4.99 Å². The lowest BCUT2D eigenvalue weighted by Crippen LogP contribution is -2.03. The molecule has 1 aromatic rings. The van der Waals surface area contributed by atoms with Crippen molar-refractivity contribution in [3.8, 4) is 0 Å². The number of nitrogens with zero attached hydrogens (tertiary/aromatic N) is 1. The van der Waals surface area contributed by atoms with E-state index < -0.39 is 0 Å². The summed E-state index contributed by atoms with van der Waals surface area (Å²) in [6.07, 6.45) is 3.52. The fraction of sp³-hybridized carbons (Fsp3) is 0.417. The third-order valence-corrected chi connectivity index (χ3v) is 3.61. The largest absolute Gasteiger partial charge is 0.380 e. The van der Waals surface area contributed by atoms with Crippen LogP contribution in [0.1, 0.15) is 24.0 Å². The van der Waals surface area contributed by atoms with E-state index in [2.05, 4.69) is 20.9 Å². The van der Waals surface area contributed by atoms with Gasteiger partial charge in [0.1, 0.15) is 0 Å². The minimum atomic E-state index is -0.296. The highest BCUT2D eigenvalue weighted by Crippen LogP contribution is 2.49. The molecule has 1 aliphatic carbocycles. The Kier molecular flexibility index (Phi) is 3.24. The van der Waals surface area contributed by atoms with Crippen molar-refractivity contribution in [1.82, 2.24) is 0 Å². The van der Waals surface area contributed by atoms with Crippen molar-refractivity contribution in [2.75, 3.05) is 7.11 Å². The molecule has 2 rings (SSSR count). The lowest BCUT2D eigenvalue weighted by Gasteiger charge is -2.11. The number of aliphatic imine (C=N–C) groups is 1. The van der Waals surface area contributed by atoms with Gasteiger partial charge in [0, 0.05) is 11.6 Å². The summed E-state index contributed by atoms with van der Waals surface area (Å²) in [5.74, 6) is 0. The van der Waals surface area contributed by atoms with Crippen LogP contribution in [0.4, 0.5) is 0 Å². The van der Waals surface area contributed by atoms with E-state index in [1.165, 1.54) is 0 Å². The first-order valence-electron chi connectivity index (χ1n) is 5.09. The molecule has 0 radical (unpaired) electrons. The molecule has 0 bridgehead atoms. The van der Waals surface area contributed by atoms with Crippen LogP contribution in [0, 0.1) is 0 Å². The predicted molar refractivity (Wildman–Crippen MR) is 63.9 cm³/mol. The number of benzene rings is 1. The average Bonchev–Trinajstić information content (AvgIpc) is 3.03. The first-order chi connectivity index (χ1) is 7.72. The first kappa shape index (κ1) is 11.5. The Hall–Kier alpha value is -0.960. The van der Waals surface area contributed by atoms with Gasteiger partial charge in [-0.15, -0.1) is 0 Å². The second kappa shape index (κ2) is 4.50. The molecule has 4 heteroatoms. The van der Waals surface area contributed by atoms with Gasteiger partial charge in [0.2, 0.25) is 6.08 Å². The second-order valence-electron chi connectivity index (χ2n) is 3.97. The van der Waals surface area contributed by atoms with E-state index in [0.29, 0.717) is 6.61 Å². The number of hydrogen-bond donors (Lipinski definition) is 0. The third-order valence-electron chi connectivity index (χ3n) is 2.87. The van der Waals surface area contributed by atoms with E-state index in [9.17, 15) is 4.79 Å². The van der Waals surface area contributed by atoms with Crippen molar-refractivity contribution in [3.05, 3.63) is 33.8 Å². The molecule has 0 spiro atoms. The smallest absolute Gasteiger partial charge is 0.235 e. The quantitative estimate of drug-likeness (QED) is 0.629. The van der Waals surface area contributed by atoms with Crippen molar-refractivity contribution in [3.63, 3.8) is 0 Å². The molecule has 1 saturated carbocycles. The van der Waals surface area contributed by atoms with Crippen LogP contribution in [-0.2, 0) is 21.7 Å². The SMILES string of the molecule is COCc1ccc(C2(N=C=O)CC2)cc1Br. The zero-order chi connectivity index (χ0) is 11.6. The van der Waals surface area contributed by atoms with Crippen LogP contribution in [0.5, 0.6) is 0 Å². The third kappa shape index (κ3) is 2.09. The summed E-state index contributed by atoms with van der Waals surface area (Å²) in [5, 5.41) is 0. The molecule has 0 aliphatic heterocycles. The molecule has 0 atom stereocenters. The predicted octanol–water partition coefficient (Wildman–Crippen LogP) is 2.92.